The summed E-state index contributed by atoms with van der Waals surface area (Å²) in [6.07, 6.45) is 10.6. The standard InChI is InChI=1S/C23H26N4O/c1-2-18-5-7-20(8-6-18)23(28)27-14-3-4-21(17-27)22-25-13-15-26(22)16-19-9-11-24-12-10-19/h5-13,15,21H,2-4,14,16-17H2,1H3/t21-/m1/s1. The van der Waals surface area contributed by atoms with Gasteiger partial charge in [-0.1, -0.05) is 19.1 Å². The van der Waals surface area contributed by atoms with Crippen molar-refractivity contribution < 1.29 is 4.79 Å². The number of benzene rings is 1. The Morgan fingerprint density at radius 2 is 1.86 bits per heavy atom. The molecule has 0 saturated carbocycles. The van der Waals surface area contributed by atoms with E-state index in [1.54, 1.807) is 0 Å². The predicted octanol–water partition coefficient (Wildman–Crippen LogP) is 3.91. The van der Waals surface area contributed by atoms with Gasteiger partial charge in [-0.05, 0) is 54.7 Å². The maximum atomic E-state index is 13.0. The van der Waals surface area contributed by atoms with Gasteiger partial charge in [-0.25, -0.2) is 4.98 Å². The van der Waals surface area contributed by atoms with Gasteiger partial charge in [0.05, 0.1) is 0 Å². The third kappa shape index (κ3) is 3.98. The molecule has 5 nitrogen and oxygen atoms in total. The van der Waals surface area contributed by atoms with E-state index in [0.717, 1.165) is 50.3 Å². The molecule has 2 aromatic heterocycles. The second kappa shape index (κ2) is 8.38. The summed E-state index contributed by atoms with van der Waals surface area (Å²) in [4.78, 5) is 23.7. The van der Waals surface area contributed by atoms with Crippen LogP contribution in [-0.2, 0) is 13.0 Å². The first kappa shape index (κ1) is 18.4. The van der Waals surface area contributed by atoms with Gasteiger partial charge >= 0.3 is 0 Å². The fraction of sp³-hybridized carbons (Fsp3) is 0.348. The first-order valence-corrected chi connectivity index (χ1v) is 10.0. The number of rotatable bonds is 5. The fourth-order valence-corrected chi connectivity index (χ4v) is 3.94. The molecule has 0 spiro atoms. The molecule has 0 bridgehead atoms. The second-order valence-corrected chi connectivity index (χ2v) is 7.41. The first-order valence-electron chi connectivity index (χ1n) is 10.0. The molecule has 3 aromatic rings. The molecular formula is C23H26N4O. The maximum Gasteiger partial charge on any atom is 0.253 e. The van der Waals surface area contributed by atoms with E-state index in [1.807, 2.05) is 54.0 Å². The van der Waals surface area contributed by atoms with Gasteiger partial charge < -0.3 is 9.47 Å². The van der Waals surface area contributed by atoms with Gasteiger partial charge in [0.2, 0.25) is 0 Å². The number of pyridine rings is 1. The smallest absolute Gasteiger partial charge is 0.253 e. The van der Waals surface area contributed by atoms with E-state index in [9.17, 15) is 4.79 Å². The highest BCUT2D eigenvalue weighted by molar-refractivity contribution is 5.94. The number of piperidine rings is 1. The summed E-state index contributed by atoms with van der Waals surface area (Å²) in [7, 11) is 0. The van der Waals surface area contributed by atoms with E-state index in [1.165, 1.54) is 11.1 Å². The van der Waals surface area contributed by atoms with Gasteiger partial charge in [-0.3, -0.25) is 9.78 Å². The van der Waals surface area contributed by atoms with Crippen molar-refractivity contribution in [1.29, 1.82) is 0 Å². The Balaban J connectivity index is 1.48. The van der Waals surface area contributed by atoms with Gasteiger partial charge in [0.15, 0.2) is 0 Å². The molecule has 1 atom stereocenters. The largest absolute Gasteiger partial charge is 0.338 e. The number of carbonyl (C=O) groups is 1. The number of hydrogen-bond donors (Lipinski definition) is 0. The lowest BCUT2D eigenvalue weighted by Crippen LogP contribution is -2.39. The summed E-state index contributed by atoms with van der Waals surface area (Å²) in [5.74, 6) is 1.46. The molecule has 1 aliphatic heterocycles. The summed E-state index contributed by atoms with van der Waals surface area (Å²) in [6, 6.07) is 12.1. The van der Waals surface area contributed by atoms with E-state index < -0.39 is 0 Å². The molecule has 5 heteroatoms. The SMILES string of the molecule is CCc1ccc(C(=O)N2CCC[C@@H](c3nccn3Cc3ccncc3)C2)cc1. The minimum atomic E-state index is 0.125. The van der Waals surface area contributed by atoms with Gasteiger partial charge in [0.25, 0.3) is 5.91 Å². The molecule has 4 rings (SSSR count). The number of imidazole rings is 1. The monoisotopic (exact) mass is 374 g/mol. The average molecular weight is 374 g/mol. The molecular weight excluding hydrogens is 348 g/mol. The Hall–Kier alpha value is -2.95. The Morgan fingerprint density at radius 1 is 1.07 bits per heavy atom. The molecule has 1 saturated heterocycles. The minimum Gasteiger partial charge on any atom is -0.338 e. The third-order valence-corrected chi connectivity index (χ3v) is 5.53. The van der Waals surface area contributed by atoms with Gasteiger partial charge in [-0.15, -0.1) is 0 Å². The average Bonchev–Trinajstić information content (AvgIpc) is 3.22. The number of carbonyl (C=O) groups excluding carboxylic acids is 1. The van der Waals surface area contributed by atoms with E-state index in [4.69, 9.17) is 0 Å². The highest BCUT2D eigenvalue weighted by Crippen LogP contribution is 2.27. The molecule has 28 heavy (non-hydrogen) atoms. The van der Waals surface area contributed by atoms with Crippen LogP contribution in [0.1, 0.15) is 53.0 Å². The van der Waals surface area contributed by atoms with Gasteiger partial charge in [0.1, 0.15) is 5.82 Å². The van der Waals surface area contributed by atoms with Gasteiger partial charge in [0, 0.05) is 55.9 Å². The zero-order chi connectivity index (χ0) is 19.3. The first-order chi connectivity index (χ1) is 13.7. The number of likely N-dealkylation sites (tertiary alicyclic amines) is 1. The molecule has 0 radical (unpaired) electrons. The van der Waals surface area contributed by atoms with Crippen molar-refractivity contribution >= 4 is 5.91 Å². The Kier molecular flexibility index (Phi) is 5.51. The molecule has 1 aliphatic rings. The zero-order valence-corrected chi connectivity index (χ0v) is 16.3. The zero-order valence-electron chi connectivity index (χ0n) is 16.3. The van der Waals surface area contributed by atoms with Crippen LogP contribution in [0, 0.1) is 0 Å². The Labute approximate surface area is 166 Å². The molecule has 1 amide bonds. The Morgan fingerprint density at radius 3 is 2.61 bits per heavy atom. The number of aromatic nitrogens is 3. The maximum absolute atomic E-state index is 13.0. The predicted molar refractivity (Wildman–Crippen MR) is 109 cm³/mol. The van der Waals surface area contributed by atoms with E-state index in [-0.39, 0.29) is 11.8 Å². The summed E-state index contributed by atoms with van der Waals surface area (Å²) in [5.41, 5.74) is 3.23. The van der Waals surface area contributed by atoms with Crippen LogP contribution < -0.4 is 0 Å². The molecule has 1 fully saturated rings. The summed E-state index contributed by atoms with van der Waals surface area (Å²) in [5, 5.41) is 0. The number of amides is 1. The normalized spacial score (nSPS) is 16.9. The number of nitrogens with zero attached hydrogens (tertiary/aromatic N) is 4. The summed E-state index contributed by atoms with van der Waals surface area (Å²) < 4.78 is 2.20. The lowest BCUT2D eigenvalue weighted by molar-refractivity contribution is 0.0703. The lowest BCUT2D eigenvalue weighted by atomic mass is 9.96. The fourth-order valence-electron chi connectivity index (χ4n) is 3.94. The van der Waals surface area contributed by atoms with Crippen molar-refractivity contribution in [3.63, 3.8) is 0 Å². The van der Waals surface area contributed by atoms with Crippen LogP contribution >= 0.6 is 0 Å². The van der Waals surface area contributed by atoms with Crippen molar-refractivity contribution in [2.75, 3.05) is 13.1 Å². The van der Waals surface area contributed by atoms with Crippen LogP contribution in [0.25, 0.3) is 0 Å². The molecule has 0 unspecified atom stereocenters. The second-order valence-electron chi connectivity index (χ2n) is 7.41. The van der Waals surface area contributed by atoms with Crippen molar-refractivity contribution in [3.05, 3.63) is 83.7 Å². The van der Waals surface area contributed by atoms with Crippen LogP contribution in [0.5, 0.6) is 0 Å². The van der Waals surface area contributed by atoms with Crippen molar-refractivity contribution in [1.82, 2.24) is 19.4 Å². The van der Waals surface area contributed by atoms with Crippen molar-refractivity contribution in [2.24, 2.45) is 0 Å². The third-order valence-electron chi connectivity index (χ3n) is 5.53. The quantitative estimate of drug-likeness (QED) is 0.680. The van der Waals surface area contributed by atoms with Crippen molar-refractivity contribution in [3.8, 4) is 0 Å². The van der Waals surface area contributed by atoms with Crippen LogP contribution in [0.2, 0.25) is 0 Å². The van der Waals surface area contributed by atoms with Crippen LogP contribution in [0.15, 0.2) is 61.2 Å². The van der Waals surface area contributed by atoms with Crippen LogP contribution in [0.4, 0.5) is 0 Å². The van der Waals surface area contributed by atoms with E-state index in [2.05, 4.69) is 33.6 Å². The highest BCUT2D eigenvalue weighted by atomic mass is 16.2. The number of hydrogen-bond acceptors (Lipinski definition) is 3. The topological polar surface area (TPSA) is 51.0 Å². The Bertz CT molecular complexity index is 917. The van der Waals surface area contributed by atoms with E-state index >= 15 is 0 Å². The number of aryl methyl sites for hydroxylation is 1. The summed E-state index contributed by atoms with van der Waals surface area (Å²) >= 11 is 0. The molecule has 0 aliphatic carbocycles. The molecule has 0 N–H and O–H groups in total. The molecule has 1 aromatic carbocycles. The molecule has 3 heterocycles. The minimum absolute atomic E-state index is 0.125. The molecule has 144 valence electrons. The van der Waals surface area contributed by atoms with Gasteiger partial charge in [-0.2, -0.15) is 0 Å². The van der Waals surface area contributed by atoms with Crippen LogP contribution in [0.3, 0.4) is 0 Å². The lowest BCUT2D eigenvalue weighted by Gasteiger charge is -2.33. The van der Waals surface area contributed by atoms with Crippen LogP contribution in [-0.4, -0.2) is 38.4 Å². The summed E-state index contributed by atoms with van der Waals surface area (Å²) in [6.45, 7) is 4.44. The van der Waals surface area contributed by atoms with Crippen molar-refractivity contribution in [2.45, 2.75) is 38.6 Å². The van der Waals surface area contributed by atoms with E-state index in [0.29, 0.717) is 0 Å². The highest BCUT2D eigenvalue weighted by Gasteiger charge is 2.28.